The summed E-state index contributed by atoms with van der Waals surface area (Å²) in [6, 6.07) is 10.1. The minimum atomic E-state index is -1.17. The molecule has 3 rings (SSSR count). The molecular weight excluding hydrogens is 432 g/mol. The third-order valence-corrected chi connectivity index (χ3v) is 5.04. The smallest absolute Gasteiger partial charge is 0.342 e. The summed E-state index contributed by atoms with van der Waals surface area (Å²) < 4.78 is 21.5. The summed E-state index contributed by atoms with van der Waals surface area (Å²) in [5, 5.41) is 18.2. The van der Waals surface area contributed by atoms with Crippen molar-refractivity contribution in [3.05, 3.63) is 51.9 Å². The lowest BCUT2D eigenvalue weighted by Gasteiger charge is -2.13. The van der Waals surface area contributed by atoms with Crippen LogP contribution >= 0.6 is 23.4 Å². The van der Waals surface area contributed by atoms with E-state index >= 15 is 0 Å². The standard InChI is InChI=1S/C20H17ClN2O6S/c1-26-13-8-15(27-2)14(16(9-13)28-3)10-17(19(24)25)30-20-23-22-18(29-20)11-4-6-12(21)7-5-11/h4-10H,1-3H3,(H,24,25)/b17-10-. The highest BCUT2D eigenvalue weighted by Gasteiger charge is 2.19. The summed E-state index contributed by atoms with van der Waals surface area (Å²) in [5.41, 5.74) is 1.10. The van der Waals surface area contributed by atoms with Gasteiger partial charge in [-0.05, 0) is 42.1 Å². The maximum atomic E-state index is 11.8. The summed E-state index contributed by atoms with van der Waals surface area (Å²) in [6.07, 6.45) is 1.41. The normalized spacial score (nSPS) is 11.3. The molecule has 1 heterocycles. The zero-order valence-corrected chi connectivity index (χ0v) is 17.8. The van der Waals surface area contributed by atoms with Crippen LogP contribution in [0, 0.1) is 0 Å². The van der Waals surface area contributed by atoms with Crippen LogP contribution < -0.4 is 14.2 Å². The summed E-state index contributed by atoms with van der Waals surface area (Å²) >= 11 is 6.69. The number of rotatable bonds is 8. The van der Waals surface area contributed by atoms with E-state index in [2.05, 4.69) is 10.2 Å². The number of benzene rings is 2. The molecular formula is C20H17ClN2O6S. The van der Waals surface area contributed by atoms with Gasteiger partial charge in [-0.3, -0.25) is 0 Å². The van der Waals surface area contributed by atoms with Gasteiger partial charge in [0.15, 0.2) is 0 Å². The molecule has 1 N–H and O–H groups in total. The van der Waals surface area contributed by atoms with E-state index in [9.17, 15) is 9.90 Å². The Balaban J connectivity index is 1.95. The van der Waals surface area contributed by atoms with Gasteiger partial charge in [0.1, 0.15) is 22.2 Å². The molecule has 0 amide bonds. The topological polar surface area (TPSA) is 104 Å². The maximum Gasteiger partial charge on any atom is 0.342 e. The van der Waals surface area contributed by atoms with Crippen LogP contribution in [0.2, 0.25) is 5.02 Å². The average molecular weight is 449 g/mol. The molecule has 0 spiro atoms. The monoisotopic (exact) mass is 448 g/mol. The van der Waals surface area contributed by atoms with Gasteiger partial charge in [0.05, 0.1) is 26.9 Å². The molecule has 0 atom stereocenters. The molecule has 2 aromatic carbocycles. The fourth-order valence-electron chi connectivity index (χ4n) is 2.50. The Kier molecular flexibility index (Phi) is 6.86. The van der Waals surface area contributed by atoms with Crippen LogP contribution in [0.1, 0.15) is 5.56 Å². The van der Waals surface area contributed by atoms with Gasteiger partial charge in [-0.15, -0.1) is 10.2 Å². The van der Waals surface area contributed by atoms with Crippen molar-refractivity contribution in [3.63, 3.8) is 0 Å². The molecule has 0 saturated heterocycles. The van der Waals surface area contributed by atoms with Crippen molar-refractivity contribution in [3.8, 4) is 28.7 Å². The minimum Gasteiger partial charge on any atom is -0.496 e. The molecule has 0 aliphatic rings. The largest absolute Gasteiger partial charge is 0.496 e. The van der Waals surface area contributed by atoms with Gasteiger partial charge in [-0.1, -0.05) is 11.6 Å². The lowest BCUT2D eigenvalue weighted by molar-refractivity contribution is -0.131. The molecule has 0 fully saturated rings. The number of ether oxygens (including phenoxy) is 3. The van der Waals surface area contributed by atoms with Crippen molar-refractivity contribution in [2.75, 3.05) is 21.3 Å². The highest BCUT2D eigenvalue weighted by atomic mass is 35.5. The summed E-state index contributed by atoms with van der Waals surface area (Å²) in [4.78, 5) is 11.8. The lowest BCUT2D eigenvalue weighted by Crippen LogP contribution is -1.99. The number of nitrogens with zero attached hydrogens (tertiary/aromatic N) is 2. The Morgan fingerprint density at radius 1 is 1.07 bits per heavy atom. The number of hydrogen-bond donors (Lipinski definition) is 1. The van der Waals surface area contributed by atoms with Gasteiger partial charge in [0, 0.05) is 22.7 Å². The fraction of sp³-hybridized carbons (Fsp3) is 0.150. The van der Waals surface area contributed by atoms with Crippen molar-refractivity contribution in [2.24, 2.45) is 0 Å². The second-order valence-electron chi connectivity index (χ2n) is 5.74. The van der Waals surface area contributed by atoms with Crippen LogP contribution in [0.15, 0.2) is 50.9 Å². The van der Waals surface area contributed by atoms with E-state index in [1.54, 1.807) is 36.4 Å². The van der Waals surface area contributed by atoms with E-state index in [0.29, 0.717) is 33.4 Å². The molecule has 0 aliphatic heterocycles. The first kappa shape index (κ1) is 21.5. The summed E-state index contributed by atoms with van der Waals surface area (Å²) in [7, 11) is 4.45. The number of carboxylic acids is 1. The number of hydrogen-bond acceptors (Lipinski definition) is 8. The number of carboxylic acid groups (broad SMARTS) is 1. The van der Waals surface area contributed by atoms with Crippen LogP contribution in [-0.4, -0.2) is 42.6 Å². The second kappa shape index (κ2) is 9.55. The van der Waals surface area contributed by atoms with E-state index in [-0.39, 0.29) is 16.0 Å². The van der Waals surface area contributed by atoms with Crippen LogP contribution in [0.5, 0.6) is 17.2 Å². The fourth-order valence-corrected chi connectivity index (χ4v) is 3.28. The predicted octanol–water partition coefficient (Wildman–Crippen LogP) is 4.63. The van der Waals surface area contributed by atoms with E-state index in [1.165, 1.54) is 27.4 Å². The van der Waals surface area contributed by atoms with Gasteiger partial charge in [-0.2, -0.15) is 0 Å². The third kappa shape index (κ3) is 4.87. The highest BCUT2D eigenvalue weighted by Crippen LogP contribution is 2.38. The lowest BCUT2D eigenvalue weighted by atomic mass is 10.1. The van der Waals surface area contributed by atoms with Gasteiger partial charge < -0.3 is 23.7 Å². The number of halogens is 1. The van der Waals surface area contributed by atoms with Crippen LogP contribution in [-0.2, 0) is 4.79 Å². The summed E-state index contributed by atoms with van der Waals surface area (Å²) in [5.74, 6) is 0.357. The zero-order valence-electron chi connectivity index (χ0n) is 16.2. The zero-order chi connectivity index (χ0) is 21.7. The number of carbonyl (C=O) groups is 1. The average Bonchev–Trinajstić information content (AvgIpc) is 3.22. The Labute approximate surface area is 181 Å². The van der Waals surface area contributed by atoms with Crippen molar-refractivity contribution in [2.45, 2.75) is 5.22 Å². The molecule has 1 aromatic heterocycles. The van der Waals surface area contributed by atoms with E-state index in [4.69, 9.17) is 30.2 Å². The van der Waals surface area contributed by atoms with Crippen molar-refractivity contribution in [1.29, 1.82) is 0 Å². The van der Waals surface area contributed by atoms with E-state index in [1.807, 2.05) is 0 Å². The van der Waals surface area contributed by atoms with Crippen molar-refractivity contribution >= 4 is 35.4 Å². The molecule has 3 aromatic rings. The Bertz CT molecular complexity index is 1060. The number of aromatic nitrogens is 2. The molecule has 0 unspecified atom stereocenters. The van der Waals surface area contributed by atoms with Gasteiger partial charge in [0.2, 0.25) is 5.89 Å². The molecule has 30 heavy (non-hydrogen) atoms. The number of thioether (sulfide) groups is 1. The number of aliphatic carboxylic acids is 1. The molecule has 10 heteroatoms. The third-order valence-electron chi connectivity index (χ3n) is 3.93. The van der Waals surface area contributed by atoms with Crippen molar-refractivity contribution in [1.82, 2.24) is 10.2 Å². The maximum absolute atomic E-state index is 11.8. The SMILES string of the molecule is COc1cc(OC)c(/C=C(\Sc2nnc(-c3ccc(Cl)cc3)o2)C(=O)O)c(OC)c1. The molecule has 0 bridgehead atoms. The van der Waals surface area contributed by atoms with Gasteiger partial charge in [-0.25, -0.2) is 4.79 Å². The van der Waals surface area contributed by atoms with Gasteiger partial charge >= 0.3 is 5.97 Å². The highest BCUT2D eigenvalue weighted by molar-refractivity contribution is 8.03. The molecule has 8 nitrogen and oxygen atoms in total. The predicted molar refractivity (Wildman–Crippen MR) is 112 cm³/mol. The van der Waals surface area contributed by atoms with Crippen LogP contribution in [0.25, 0.3) is 17.5 Å². The van der Waals surface area contributed by atoms with Crippen LogP contribution in [0.4, 0.5) is 0 Å². The van der Waals surface area contributed by atoms with Crippen LogP contribution in [0.3, 0.4) is 0 Å². The minimum absolute atomic E-state index is 0.0666. The molecule has 0 radical (unpaired) electrons. The van der Waals surface area contributed by atoms with E-state index < -0.39 is 5.97 Å². The molecule has 0 saturated carbocycles. The molecule has 156 valence electrons. The first-order valence-corrected chi connectivity index (χ1v) is 9.67. The first-order valence-electron chi connectivity index (χ1n) is 8.47. The Morgan fingerprint density at radius 2 is 1.70 bits per heavy atom. The van der Waals surface area contributed by atoms with Gasteiger partial charge in [0.25, 0.3) is 5.22 Å². The van der Waals surface area contributed by atoms with Crippen molar-refractivity contribution < 1.29 is 28.5 Å². The molecule has 0 aliphatic carbocycles. The van der Waals surface area contributed by atoms with E-state index in [0.717, 1.165) is 11.8 Å². The second-order valence-corrected chi connectivity index (χ2v) is 7.17. The first-order chi connectivity index (χ1) is 14.4. The number of methoxy groups -OCH3 is 3. The summed E-state index contributed by atoms with van der Waals surface area (Å²) in [6.45, 7) is 0. The quantitative estimate of drug-likeness (QED) is 0.390. The Hall–Kier alpha value is -3.17. The Morgan fingerprint density at radius 3 is 2.23 bits per heavy atom.